The zero-order chi connectivity index (χ0) is 10.0. The van der Waals surface area contributed by atoms with Crippen molar-refractivity contribution in [1.82, 2.24) is 0 Å². The van der Waals surface area contributed by atoms with Gasteiger partial charge >= 0.3 is 5.97 Å². The van der Waals surface area contributed by atoms with Crippen LogP contribution in [0.4, 0.5) is 0 Å². The number of methoxy groups -OCH3 is 1. The second-order valence-corrected chi connectivity index (χ2v) is 4.59. The molecule has 0 heterocycles. The van der Waals surface area contributed by atoms with Crippen molar-refractivity contribution in [1.29, 1.82) is 0 Å². The molecule has 0 unspecified atom stereocenters. The van der Waals surface area contributed by atoms with Gasteiger partial charge in [0.2, 0.25) is 0 Å². The first kappa shape index (κ1) is 11.0. The summed E-state index contributed by atoms with van der Waals surface area (Å²) in [7, 11) is 1.39. The highest BCUT2D eigenvalue weighted by Gasteiger charge is 2.11. The van der Waals surface area contributed by atoms with E-state index in [-0.39, 0.29) is 5.97 Å². The third-order valence-corrected chi connectivity index (χ3v) is 3.96. The Morgan fingerprint density at radius 3 is 2.69 bits per heavy atom. The van der Waals surface area contributed by atoms with Gasteiger partial charge in [-0.25, -0.2) is 4.79 Å². The molecule has 13 heavy (non-hydrogen) atoms. The minimum Gasteiger partial charge on any atom is -0.465 e. The van der Waals surface area contributed by atoms with Crippen LogP contribution < -0.4 is 0 Å². The summed E-state index contributed by atoms with van der Waals surface area (Å²) in [6.07, 6.45) is 0. The van der Waals surface area contributed by atoms with Gasteiger partial charge in [0.25, 0.3) is 0 Å². The maximum absolute atomic E-state index is 11.3. The van der Waals surface area contributed by atoms with E-state index in [0.717, 1.165) is 13.6 Å². The summed E-state index contributed by atoms with van der Waals surface area (Å²) in [4.78, 5) is 11.3. The summed E-state index contributed by atoms with van der Waals surface area (Å²) in [5, 5.41) is 0. The van der Waals surface area contributed by atoms with Gasteiger partial charge in [-0.2, -0.15) is 0 Å². The zero-order valence-corrected chi connectivity index (χ0v) is 11.0. The van der Waals surface area contributed by atoms with Crippen LogP contribution >= 0.6 is 38.5 Å². The normalized spacial score (nSPS) is 9.85. The van der Waals surface area contributed by atoms with E-state index < -0.39 is 0 Å². The minimum atomic E-state index is -0.289. The number of hydrogen-bond donors (Lipinski definition) is 0. The molecule has 1 aromatic rings. The van der Waals surface area contributed by atoms with E-state index in [9.17, 15) is 4.79 Å². The van der Waals surface area contributed by atoms with Crippen LogP contribution in [-0.2, 0) is 4.74 Å². The van der Waals surface area contributed by atoms with E-state index >= 15 is 0 Å². The van der Waals surface area contributed by atoms with E-state index in [2.05, 4.69) is 43.3 Å². The Morgan fingerprint density at radius 1 is 1.54 bits per heavy atom. The number of aryl methyl sites for hydroxylation is 1. The van der Waals surface area contributed by atoms with Crippen molar-refractivity contribution >= 4 is 44.5 Å². The number of esters is 1. The predicted octanol–water partition coefficient (Wildman–Crippen LogP) is 3.15. The summed E-state index contributed by atoms with van der Waals surface area (Å²) in [5.41, 5.74) is 1.54. The smallest absolute Gasteiger partial charge is 0.338 e. The van der Waals surface area contributed by atoms with Gasteiger partial charge in [-0.3, -0.25) is 0 Å². The largest absolute Gasteiger partial charge is 0.465 e. The first-order chi connectivity index (χ1) is 6.06. The fraction of sp³-hybridized carbons (Fsp3) is 0.222. The van der Waals surface area contributed by atoms with Crippen molar-refractivity contribution in [3.8, 4) is 0 Å². The molecule has 0 fully saturated rings. The Balaban J connectivity index is 3.23. The summed E-state index contributed by atoms with van der Waals surface area (Å²) in [5.74, 6) is -0.289. The molecule has 0 radical (unpaired) electrons. The summed E-state index contributed by atoms with van der Waals surface area (Å²) < 4.78 is 6.66. The van der Waals surface area contributed by atoms with Gasteiger partial charge in [0.1, 0.15) is 0 Å². The average molecular weight is 355 g/mol. The number of carbonyl (C=O) groups excluding carboxylic acids is 1. The van der Waals surface area contributed by atoms with E-state index in [4.69, 9.17) is 0 Å². The molecule has 0 aromatic heterocycles. The van der Waals surface area contributed by atoms with Crippen molar-refractivity contribution in [3.05, 3.63) is 31.3 Å². The summed E-state index contributed by atoms with van der Waals surface area (Å²) in [6, 6.07) is 3.72. The molecule has 0 amide bonds. The molecule has 0 spiro atoms. The van der Waals surface area contributed by atoms with Crippen molar-refractivity contribution in [2.24, 2.45) is 0 Å². The van der Waals surface area contributed by atoms with Crippen LogP contribution in [0.25, 0.3) is 0 Å². The molecule has 0 aliphatic heterocycles. The van der Waals surface area contributed by atoms with Crippen LogP contribution in [0.2, 0.25) is 0 Å². The Kier molecular flexibility index (Phi) is 3.73. The summed E-state index contributed by atoms with van der Waals surface area (Å²) in [6.45, 7) is 1.88. The van der Waals surface area contributed by atoms with E-state index in [1.165, 1.54) is 7.11 Å². The highest BCUT2D eigenvalue weighted by atomic mass is 127. The molecule has 0 saturated heterocycles. The van der Waals surface area contributed by atoms with Gasteiger partial charge in [0, 0.05) is 8.04 Å². The minimum absolute atomic E-state index is 0.289. The molecule has 1 rings (SSSR count). The van der Waals surface area contributed by atoms with Crippen molar-refractivity contribution in [3.63, 3.8) is 0 Å². The Hall–Kier alpha value is -0.100. The predicted molar refractivity (Wildman–Crippen MR) is 62.9 cm³/mol. The monoisotopic (exact) mass is 354 g/mol. The lowest BCUT2D eigenvalue weighted by molar-refractivity contribution is 0.0600. The maximum Gasteiger partial charge on any atom is 0.338 e. The molecule has 0 aliphatic carbocycles. The SMILES string of the molecule is COC(=O)c1cc(I)c(Br)cc1C. The van der Waals surface area contributed by atoms with Crippen LogP contribution in [0.3, 0.4) is 0 Å². The van der Waals surface area contributed by atoms with E-state index in [0.29, 0.717) is 5.56 Å². The number of benzene rings is 1. The third-order valence-electron chi connectivity index (χ3n) is 1.67. The number of hydrogen-bond acceptors (Lipinski definition) is 2. The molecule has 0 atom stereocenters. The topological polar surface area (TPSA) is 26.3 Å². The van der Waals surface area contributed by atoms with Crippen molar-refractivity contribution in [2.75, 3.05) is 7.11 Å². The Morgan fingerprint density at radius 2 is 2.15 bits per heavy atom. The van der Waals surface area contributed by atoms with Gasteiger partial charge < -0.3 is 4.74 Å². The first-order valence-electron chi connectivity index (χ1n) is 3.60. The fourth-order valence-electron chi connectivity index (χ4n) is 0.976. The first-order valence-corrected chi connectivity index (χ1v) is 5.47. The third kappa shape index (κ3) is 2.43. The standard InChI is InChI=1S/C9H8BrIO2/c1-5-3-7(10)8(11)4-6(5)9(12)13-2/h3-4H,1-2H3. The zero-order valence-electron chi connectivity index (χ0n) is 7.23. The lowest BCUT2D eigenvalue weighted by Crippen LogP contribution is -2.04. The molecule has 0 bridgehead atoms. The van der Waals surface area contributed by atoms with Gasteiger partial charge in [-0.15, -0.1) is 0 Å². The Labute approximate surface area is 98.9 Å². The van der Waals surface area contributed by atoms with E-state index in [1.807, 2.05) is 19.1 Å². The van der Waals surface area contributed by atoms with Crippen molar-refractivity contribution < 1.29 is 9.53 Å². The number of halogens is 2. The average Bonchev–Trinajstić information content (AvgIpc) is 2.10. The van der Waals surface area contributed by atoms with Gasteiger partial charge in [0.05, 0.1) is 12.7 Å². The number of ether oxygens (including phenoxy) is 1. The molecule has 0 N–H and O–H groups in total. The van der Waals surface area contributed by atoms with Crippen LogP contribution in [-0.4, -0.2) is 13.1 Å². The molecular weight excluding hydrogens is 347 g/mol. The second kappa shape index (κ2) is 4.41. The van der Waals surface area contributed by atoms with Crippen LogP contribution in [0.15, 0.2) is 16.6 Å². The molecule has 4 heteroatoms. The molecule has 70 valence electrons. The quantitative estimate of drug-likeness (QED) is 0.572. The molecule has 2 nitrogen and oxygen atoms in total. The molecule has 1 aromatic carbocycles. The Bertz CT molecular complexity index is 350. The van der Waals surface area contributed by atoms with Gasteiger partial charge in [-0.05, 0) is 63.1 Å². The lowest BCUT2D eigenvalue weighted by atomic mass is 10.1. The van der Waals surface area contributed by atoms with Gasteiger partial charge in [-0.1, -0.05) is 0 Å². The second-order valence-electron chi connectivity index (χ2n) is 2.57. The highest BCUT2D eigenvalue weighted by molar-refractivity contribution is 14.1. The fourth-order valence-corrected chi connectivity index (χ4v) is 1.90. The van der Waals surface area contributed by atoms with E-state index in [1.54, 1.807) is 0 Å². The molecular formula is C9H8BrIO2. The van der Waals surface area contributed by atoms with Crippen LogP contribution in [0.5, 0.6) is 0 Å². The molecule has 0 saturated carbocycles. The van der Waals surface area contributed by atoms with Gasteiger partial charge in [0.15, 0.2) is 0 Å². The molecule has 0 aliphatic rings. The maximum atomic E-state index is 11.3. The number of carbonyl (C=O) groups is 1. The van der Waals surface area contributed by atoms with Crippen LogP contribution in [0, 0.1) is 10.5 Å². The van der Waals surface area contributed by atoms with Crippen LogP contribution in [0.1, 0.15) is 15.9 Å². The van der Waals surface area contributed by atoms with Crippen molar-refractivity contribution in [2.45, 2.75) is 6.92 Å². The highest BCUT2D eigenvalue weighted by Crippen LogP contribution is 2.23. The number of rotatable bonds is 1. The summed E-state index contributed by atoms with van der Waals surface area (Å²) >= 11 is 5.55. The lowest BCUT2D eigenvalue weighted by Gasteiger charge is -2.05.